The normalized spacial score (nSPS) is 25.6. The lowest BCUT2D eigenvalue weighted by atomic mass is 9.79. The van der Waals surface area contributed by atoms with E-state index in [9.17, 15) is 24.6 Å². The predicted molar refractivity (Wildman–Crippen MR) is 84.9 cm³/mol. The standard InChI is InChI=1S/C16H26N2O6/c1-15(2,3)24-14(23)17-8-9-18(13(21)22)16(10-17,12(19)20)11-6-4-5-7-11/h11H,4-10H2,1-3H3,(H,19,20)(H,21,22). The number of piperazine rings is 1. The fourth-order valence-electron chi connectivity index (χ4n) is 3.73. The molecule has 136 valence electrons. The number of hydrogen-bond acceptors (Lipinski definition) is 4. The van der Waals surface area contributed by atoms with Crippen molar-refractivity contribution in [1.82, 2.24) is 9.80 Å². The van der Waals surface area contributed by atoms with Gasteiger partial charge in [0.1, 0.15) is 5.60 Å². The Morgan fingerprint density at radius 3 is 2.12 bits per heavy atom. The summed E-state index contributed by atoms with van der Waals surface area (Å²) in [6.07, 6.45) is 1.19. The van der Waals surface area contributed by atoms with Crippen LogP contribution in [0.25, 0.3) is 0 Å². The summed E-state index contributed by atoms with van der Waals surface area (Å²) in [6, 6.07) is 0. The molecule has 0 radical (unpaired) electrons. The predicted octanol–water partition coefficient (Wildman–Crippen LogP) is 2.23. The molecule has 0 aromatic heterocycles. The number of rotatable bonds is 2. The highest BCUT2D eigenvalue weighted by molar-refractivity contribution is 5.86. The summed E-state index contributed by atoms with van der Waals surface area (Å²) >= 11 is 0. The number of carboxylic acids is 1. The van der Waals surface area contributed by atoms with Gasteiger partial charge in [-0.1, -0.05) is 12.8 Å². The highest BCUT2D eigenvalue weighted by Crippen LogP contribution is 2.40. The SMILES string of the molecule is CC(C)(C)OC(=O)N1CCN(C(=O)O)C(C(=O)O)(C2CCCC2)C1. The first-order chi connectivity index (χ1) is 11.1. The summed E-state index contributed by atoms with van der Waals surface area (Å²) in [6.45, 7) is 5.13. The number of aliphatic carboxylic acids is 1. The topological polar surface area (TPSA) is 107 Å². The van der Waals surface area contributed by atoms with E-state index in [1.807, 2.05) is 0 Å². The second kappa shape index (κ2) is 6.49. The summed E-state index contributed by atoms with van der Waals surface area (Å²) in [5.74, 6) is -1.48. The Morgan fingerprint density at radius 2 is 1.67 bits per heavy atom. The Labute approximate surface area is 141 Å². The third-order valence-electron chi connectivity index (χ3n) is 4.79. The number of carboxylic acid groups (broad SMARTS) is 2. The third kappa shape index (κ3) is 3.42. The molecule has 2 N–H and O–H groups in total. The van der Waals surface area contributed by atoms with Crippen LogP contribution in [0.2, 0.25) is 0 Å². The second-order valence-corrected chi connectivity index (χ2v) is 7.55. The van der Waals surface area contributed by atoms with Crippen molar-refractivity contribution in [2.75, 3.05) is 19.6 Å². The summed E-state index contributed by atoms with van der Waals surface area (Å²) in [7, 11) is 0. The molecule has 2 amide bonds. The molecule has 1 aliphatic heterocycles. The molecule has 0 aromatic carbocycles. The Morgan fingerprint density at radius 1 is 1.08 bits per heavy atom. The molecule has 1 saturated carbocycles. The van der Waals surface area contributed by atoms with E-state index in [-0.39, 0.29) is 25.6 Å². The van der Waals surface area contributed by atoms with Crippen molar-refractivity contribution in [1.29, 1.82) is 0 Å². The van der Waals surface area contributed by atoms with Crippen LogP contribution in [-0.2, 0) is 9.53 Å². The molecule has 1 heterocycles. The fourth-order valence-corrected chi connectivity index (χ4v) is 3.73. The van der Waals surface area contributed by atoms with Crippen LogP contribution in [0, 0.1) is 5.92 Å². The van der Waals surface area contributed by atoms with Gasteiger partial charge in [-0.2, -0.15) is 0 Å². The molecule has 1 atom stereocenters. The van der Waals surface area contributed by atoms with Crippen molar-refractivity contribution in [3.05, 3.63) is 0 Å². The molecule has 2 fully saturated rings. The Hall–Kier alpha value is -1.99. The number of ether oxygens (including phenoxy) is 1. The van der Waals surface area contributed by atoms with Gasteiger partial charge in [0.25, 0.3) is 0 Å². The van der Waals surface area contributed by atoms with Gasteiger partial charge in [-0.05, 0) is 39.5 Å². The molecule has 1 unspecified atom stereocenters. The highest BCUT2D eigenvalue weighted by atomic mass is 16.6. The molecule has 8 nitrogen and oxygen atoms in total. The molecule has 8 heteroatoms. The zero-order chi connectivity index (χ0) is 18.1. The van der Waals surface area contributed by atoms with Gasteiger partial charge in [0.2, 0.25) is 0 Å². The number of nitrogens with zero attached hydrogens (tertiary/aromatic N) is 2. The molecular formula is C16H26N2O6. The van der Waals surface area contributed by atoms with Crippen LogP contribution in [0.4, 0.5) is 9.59 Å². The minimum absolute atomic E-state index is 0.0304. The number of hydrogen-bond donors (Lipinski definition) is 2. The van der Waals surface area contributed by atoms with E-state index in [4.69, 9.17) is 4.74 Å². The molecule has 0 aromatic rings. The maximum atomic E-state index is 12.4. The highest BCUT2D eigenvalue weighted by Gasteiger charge is 2.57. The van der Waals surface area contributed by atoms with Crippen LogP contribution in [0.15, 0.2) is 0 Å². The van der Waals surface area contributed by atoms with Crippen LogP contribution in [0.5, 0.6) is 0 Å². The van der Waals surface area contributed by atoms with E-state index in [1.54, 1.807) is 20.8 Å². The first-order valence-electron chi connectivity index (χ1n) is 8.30. The largest absolute Gasteiger partial charge is 0.479 e. The summed E-state index contributed by atoms with van der Waals surface area (Å²) in [5, 5.41) is 19.4. The van der Waals surface area contributed by atoms with Gasteiger partial charge in [0, 0.05) is 13.1 Å². The number of amides is 2. The molecule has 2 rings (SSSR count). The first-order valence-corrected chi connectivity index (χ1v) is 8.30. The van der Waals surface area contributed by atoms with Crippen molar-refractivity contribution in [3.8, 4) is 0 Å². The lowest BCUT2D eigenvalue weighted by Crippen LogP contribution is -2.71. The molecule has 0 bridgehead atoms. The average molecular weight is 342 g/mol. The zero-order valence-corrected chi connectivity index (χ0v) is 14.4. The number of carbonyl (C=O) groups is 3. The molecule has 1 aliphatic carbocycles. The minimum Gasteiger partial charge on any atom is -0.479 e. The van der Waals surface area contributed by atoms with Crippen LogP contribution in [-0.4, -0.2) is 68.9 Å². The fraction of sp³-hybridized carbons (Fsp3) is 0.812. The molecule has 2 aliphatic rings. The third-order valence-corrected chi connectivity index (χ3v) is 4.79. The van der Waals surface area contributed by atoms with E-state index in [1.165, 1.54) is 4.90 Å². The molecule has 0 spiro atoms. The van der Waals surface area contributed by atoms with Gasteiger partial charge in [0.05, 0.1) is 6.54 Å². The van der Waals surface area contributed by atoms with Crippen molar-refractivity contribution in [2.45, 2.75) is 57.6 Å². The summed E-state index contributed by atoms with van der Waals surface area (Å²) < 4.78 is 5.34. The van der Waals surface area contributed by atoms with Crippen LogP contribution < -0.4 is 0 Å². The summed E-state index contributed by atoms with van der Waals surface area (Å²) in [4.78, 5) is 38.5. The summed E-state index contributed by atoms with van der Waals surface area (Å²) in [5.41, 5.74) is -2.29. The van der Waals surface area contributed by atoms with Crippen molar-refractivity contribution in [3.63, 3.8) is 0 Å². The Kier molecular flexibility index (Phi) is 4.96. The maximum Gasteiger partial charge on any atom is 0.410 e. The van der Waals surface area contributed by atoms with Crippen LogP contribution in [0.3, 0.4) is 0 Å². The van der Waals surface area contributed by atoms with E-state index < -0.39 is 29.3 Å². The zero-order valence-electron chi connectivity index (χ0n) is 14.4. The van der Waals surface area contributed by atoms with Gasteiger partial charge in [-0.3, -0.25) is 4.90 Å². The van der Waals surface area contributed by atoms with Gasteiger partial charge in [-0.15, -0.1) is 0 Å². The Balaban J connectivity index is 2.32. The minimum atomic E-state index is -1.60. The van der Waals surface area contributed by atoms with E-state index in [0.29, 0.717) is 12.8 Å². The maximum absolute atomic E-state index is 12.4. The van der Waals surface area contributed by atoms with Crippen LogP contribution in [0.1, 0.15) is 46.5 Å². The van der Waals surface area contributed by atoms with Crippen molar-refractivity contribution in [2.24, 2.45) is 5.92 Å². The monoisotopic (exact) mass is 342 g/mol. The lowest BCUT2D eigenvalue weighted by Gasteiger charge is -2.49. The van der Waals surface area contributed by atoms with Crippen molar-refractivity contribution < 1.29 is 29.3 Å². The Bertz CT molecular complexity index is 523. The van der Waals surface area contributed by atoms with E-state index >= 15 is 0 Å². The van der Waals surface area contributed by atoms with E-state index in [2.05, 4.69) is 0 Å². The van der Waals surface area contributed by atoms with Gasteiger partial charge >= 0.3 is 18.2 Å². The molecular weight excluding hydrogens is 316 g/mol. The quantitative estimate of drug-likeness (QED) is 0.797. The smallest absolute Gasteiger partial charge is 0.410 e. The number of carbonyl (C=O) groups excluding carboxylic acids is 1. The molecule has 24 heavy (non-hydrogen) atoms. The van der Waals surface area contributed by atoms with Gasteiger partial charge < -0.3 is 19.8 Å². The first kappa shape index (κ1) is 18.4. The second-order valence-electron chi connectivity index (χ2n) is 7.55. The average Bonchev–Trinajstić information content (AvgIpc) is 2.98. The lowest BCUT2D eigenvalue weighted by molar-refractivity contribution is -0.159. The van der Waals surface area contributed by atoms with E-state index in [0.717, 1.165) is 17.7 Å². The van der Waals surface area contributed by atoms with Crippen LogP contribution >= 0.6 is 0 Å². The van der Waals surface area contributed by atoms with Crippen molar-refractivity contribution >= 4 is 18.2 Å². The van der Waals surface area contributed by atoms with Gasteiger partial charge in [0.15, 0.2) is 5.54 Å². The van der Waals surface area contributed by atoms with Gasteiger partial charge in [-0.25, -0.2) is 14.4 Å². The molecule has 1 saturated heterocycles.